The Morgan fingerprint density at radius 1 is 0.974 bits per heavy atom. The van der Waals surface area contributed by atoms with Crippen LogP contribution < -0.4 is 5.32 Å². The summed E-state index contributed by atoms with van der Waals surface area (Å²) >= 11 is 0. The topological polar surface area (TPSA) is 122 Å². The zero-order valence-electron chi connectivity index (χ0n) is 24.1. The van der Waals surface area contributed by atoms with Gasteiger partial charge in [-0.2, -0.15) is 0 Å². The molecule has 3 amide bonds. The molecule has 0 saturated carbocycles. The maximum Gasteiger partial charge on any atom is 0.249 e. The Bertz CT molecular complexity index is 999. The fraction of sp³-hybridized carbons (Fsp3) is 0.815. The molecule has 3 saturated heterocycles. The quantitative estimate of drug-likeness (QED) is 0.583. The summed E-state index contributed by atoms with van der Waals surface area (Å²) < 4.78 is 12.9. The Morgan fingerprint density at radius 2 is 1.69 bits per heavy atom. The van der Waals surface area contributed by atoms with Crippen molar-refractivity contribution in [2.75, 3.05) is 59.2 Å². The molecule has 0 aromatic carbocycles. The largest absolute Gasteiger partial charge is 0.377 e. The second-order valence-electron chi connectivity index (χ2n) is 12.1. The van der Waals surface area contributed by atoms with Crippen molar-refractivity contribution in [2.45, 2.75) is 83.5 Å². The van der Waals surface area contributed by atoms with Gasteiger partial charge in [-0.05, 0) is 26.7 Å². The van der Waals surface area contributed by atoms with Crippen molar-refractivity contribution in [3.8, 4) is 0 Å². The van der Waals surface area contributed by atoms with Crippen LogP contribution in [0.1, 0.15) is 65.6 Å². The molecule has 1 aromatic heterocycles. The molecular formula is C27H45N7O5. The maximum atomic E-state index is 13.8. The molecule has 0 aliphatic carbocycles. The summed E-state index contributed by atoms with van der Waals surface area (Å²) in [7, 11) is 0. The fourth-order valence-corrected chi connectivity index (χ4v) is 5.53. The van der Waals surface area contributed by atoms with Crippen LogP contribution in [0.15, 0.2) is 6.20 Å². The lowest BCUT2D eigenvalue weighted by Gasteiger charge is -2.40. The number of hydrogen-bond donors (Lipinski definition) is 1. The van der Waals surface area contributed by atoms with Crippen molar-refractivity contribution in [1.29, 1.82) is 0 Å². The van der Waals surface area contributed by atoms with E-state index in [0.717, 1.165) is 31.6 Å². The van der Waals surface area contributed by atoms with Crippen LogP contribution in [0, 0.1) is 0 Å². The number of carbonyl (C=O) groups is 3. The first kappa shape index (κ1) is 29.4. The Kier molecular flexibility index (Phi) is 9.60. The Balaban J connectivity index is 1.55. The molecule has 39 heavy (non-hydrogen) atoms. The van der Waals surface area contributed by atoms with E-state index in [1.165, 1.54) is 0 Å². The van der Waals surface area contributed by atoms with Gasteiger partial charge in [0.25, 0.3) is 0 Å². The summed E-state index contributed by atoms with van der Waals surface area (Å²) in [5.74, 6) is -0.663. The van der Waals surface area contributed by atoms with E-state index in [4.69, 9.17) is 9.47 Å². The zero-order valence-corrected chi connectivity index (χ0v) is 24.1. The molecule has 1 N–H and O–H groups in total. The monoisotopic (exact) mass is 547 g/mol. The standard InChI is InChI=1S/C27H45N7O5/c1-19(2)31-9-6-20(7-10-31)32-17-24(35)33-15-21(34-16-23(29-30-34)27(3,4)5)14-22(33)26(37)28-8-11-38-12-13-39-18-25(32)36/h16,19-22H,6-15,17-18H2,1-5H3,(H,28,37)/t21-,22-/m0/s1. The number of ether oxygens (including phenoxy) is 2. The van der Waals surface area contributed by atoms with Crippen molar-refractivity contribution < 1.29 is 23.9 Å². The molecule has 0 radical (unpaired) electrons. The lowest BCUT2D eigenvalue weighted by atomic mass is 9.93. The fourth-order valence-electron chi connectivity index (χ4n) is 5.53. The van der Waals surface area contributed by atoms with Crippen molar-refractivity contribution in [3.05, 3.63) is 11.9 Å². The van der Waals surface area contributed by atoms with Crippen LogP contribution in [0.4, 0.5) is 0 Å². The van der Waals surface area contributed by atoms with E-state index in [1.807, 2.05) is 6.20 Å². The van der Waals surface area contributed by atoms with Gasteiger partial charge < -0.3 is 29.5 Å². The Morgan fingerprint density at radius 3 is 2.36 bits per heavy atom. The number of nitrogens with one attached hydrogen (secondary N) is 1. The van der Waals surface area contributed by atoms with Gasteiger partial charge in [0.05, 0.1) is 31.6 Å². The van der Waals surface area contributed by atoms with Crippen molar-refractivity contribution in [2.24, 2.45) is 0 Å². The number of aromatic nitrogens is 3. The molecule has 218 valence electrons. The van der Waals surface area contributed by atoms with Gasteiger partial charge in [0.1, 0.15) is 19.2 Å². The number of nitrogens with zero attached hydrogens (tertiary/aromatic N) is 6. The van der Waals surface area contributed by atoms with Crippen molar-refractivity contribution in [1.82, 2.24) is 35.0 Å². The molecule has 2 atom stereocenters. The number of piperidine rings is 1. The number of rotatable bonds is 3. The van der Waals surface area contributed by atoms with E-state index >= 15 is 0 Å². The van der Waals surface area contributed by atoms with E-state index in [0.29, 0.717) is 38.8 Å². The molecular weight excluding hydrogens is 502 g/mol. The summed E-state index contributed by atoms with van der Waals surface area (Å²) in [6.07, 6.45) is 3.92. The van der Waals surface area contributed by atoms with Crippen LogP contribution in [0.2, 0.25) is 0 Å². The highest BCUT2D eigenvalue weighted by Gasteiger charge is 2.42. The Labute approximate surface area is 231 Å². The van der Waals surface area contributed by atoms with Gasteiger partial charge in [0, 0.05) is 56.3 Å². The third kappa shape index (κ3) is 7.34. The molecule has 0 unspecified atom stereocenters. The predicted octanol–water partition coefficient (Wildman–Crippen LogP) is 0.582. The van der Waals surface area contributed by atoms with E-state index in [-0.39, 0.29) is 55.0 Å². The average molecular weight is 548 g/mol. The van der Waals surface area contributed by atoms with Crippen LogP contribution in [-0.2, 0) is 29.3 Å². The third-order valence-corrected chi connectivity index (χ3v) is 7.99. The highest BCUT2D eigenvalue weighted by Crippen LogP contribution is 2.30. The molecule has 0 bridgehead atoms. The lowest BCUT2D eigenvalue weighted by Crippen LogP contribution is -2.54. The van der Waals surface area contributed by atoms with Crippen LogP contribution in [-0.4, -0.2) is 125 Å². The van der Waals surface area contributed by atoms with Gasteiger partial charge in [0.2, 0.25) is 17.7 Å². The first-order valence-corrected chi connectivity index (χ1v) is 14.2. The van der Waals surface area contributed by atoms with E-state index in [2.05, 4.69) is 55.1 Å². The molecule has 3 fully saturated rings. The number of carbonyl (C=O) groups excluding carboxylic acids is 3. The van der Waals surface area contributed by atoms with Crippen molar-refractivity contribution in [3.63, 3.8) is 0 Å². The minimum absolute atomic E-state index is 0.0534. The van der Waals surface area contributed by atoms with Crippen LogP contribution in [0.25, 0.3) is 0 Å². The molecule has 12 nitrogen and oxygen atoms in total. The second kappa shape index (κ2) is 12.7. The number of hydrogen-bond acceptors (Lipinski definition) is 8. The molecule has 0 spiro atoms. The van der Waals surface area contributed by atoms with E-state index in [9.17, 15) is 14.4 Å². The molecule has 12 heteroatoms. The first-order chi connectivity index (χ1) is 18.5. The van der Waals surface area contributed by atoms with Gasteiger partial charge in [0.15, 0.2) is 0 Å². The van der Waals surface area contributed by atoms with Crippen molar-refractivity contribution >= 4 is 17.7 Å². The summed E-state index contributed by atoms with van der Waals surface area (Å²) in [6, 6.07) is -0.468. The summed E-state index contributed by atoms with van der Waals surface area (Å²) in [6.45, 7) is 13.7. The third-order valence-electron chi connectivity index (χ3n) is 7.99. The van der Waals surface area contributed by atoms with Crippen LogP contribution in [0.3, 0.4) is 0 Å². The van der Waals surface area contributed by atoms with Gasteiger partial charge >= 0.3 is 0 Å². The van der Waals surface area contributed by atoms with Crippen LogP contribution >= 0.6 is 0 Å². The lowest BCUT2D eigenvalue weighted by molar-refractivity contribution is -0.148. The number of likely N-dealkylation sites (tertiary alicyclic amines) is 1. The smallest absolute Gasteiger partial charge is 0.249 e. The van der Waals surface area contributed by atoms with Gasteiger partial charge in [-0.25, -0.2) is 4.68 Å². The molecule has 3 aliphatic rings. The first-order valence-electron chi connectivity index (χ1n) is 14.2. The second-order valence-corrected chi connectivity index (χ2v) is 12.1. The van der Waals surface area contributed by atoms with Gasteiger partial charge in [-0.1, -0.05) is 26.0 Å². The zero-order chi connectivity index (χ0) is 28.2. The molecule has 1 aromatic rings. The minimum atomic E-state index is -0.661. The average Bonchev–Trinajstić information content (AvgIpc) is 3.56. The number of amides is 3. The molecule has 3 aliphatic heterocycles. The summed E-state index contributed by atoms with van der Waals surface area (Å²) in [5.41, 5.74) is 0.687. The SMILES string of the molecule is CC(C)N1CCC(N2CC(=O)N3C[C@@H](n4cc(C(C)(C)C)nn4)C[C@H]3C(=O)NCCOCCOCC2=O)CC1. The Hall–Kier alpha value is -2.57. The minimum Gasteiger partial charge on any atom is -0.377 e. The van der Waals surface area contributed by atoms with Crippen LogP contribution in [0.5, 0.6) is 0 Å². The van der Waals surface area contributed by atoms with E-state index < -0.39 is 6.04 Å². The summed E-state index contributed by atoms with van der Waals surface area (Å²) in [4.78, 5) is 46.1. The van der Waals surface area contributed by atoms with Gasteiger partial charge in [-0.3, -0.25) is 14.4 Å². The number of fused-ring (bicyclic) bond motifs is 1. The normalized spacial score (nSPS) is 25.9. The maximum absolute atomic E-state index is 13.8. The molecule has 4 rings (SSSR count). The summed E-state index contributed by atoms with van der Waals surface area (Å²) in [5, 5.41) is 11.6. The highest BCUT2D eigenvalue weighted by atomic mass is 16.5. The van der Waals surface area contributed by atoms with E-state index in [1.54, 1.807) is 14.5 Å². The van der Waals surface area contributed by atoms with Gasteiger partial charge in [-0.15, -0.1) is 5.10 Å². The highest BCUT2D eigenvalue weighted by molar-refractivity contribution is 5.91. The molecule has 4 heterocycles. The predicted molar refractivity (Wildman–Crippen MR) is 144 cm³/mol.